The Kier molecular flexibility index (Phi) is 4.33. The van der Waals surface area contributed by atoms with Crippen LogP contribution in [0.2, 0.25) is 0 Å². The van der Waals surface area contributed by atoms with Gasteiger partial charge in [-0.05, 0) is 54.4 Å². The molecule has 0 spiro atoms. The van der Waals surface area contributed by atoms with E-state index < -0.39 is 0 Å². The molecule has 0 saturated heterocycles. The molecule has 0 N–H and O–H groups in total. The molecule has 2 nitrogen and oxygen atoms in total. The molecule has 0 bridgehead atoms. The van der Waals surface area contributed by atoms with E-state index in [0.717, 1.165) is 6.54 Å². The molecule has 0 saturated carbocycles. The van der Waals surface area contributed by atoms with Gasteiger partial charge in [0.15, 0.2) is 0 Å². The summed E-state index contributed by atoms with van der Waals surface area (Å²) < 4.78 is 2.39. The number of aryl methyl sites for hydroxylation is 1. The van der Waals surface area contributed by atoms with Crippen molar-refractivity contribution in [3.05, 3.63) is 97.1 Å². The highest BCUT2D eigenvalue weighted by atomic mass is 15.1. The van der Waals surface area contributed by atoms with Gasteiger partial charge in [0.25, 0.3) is 0 Å². The number of fused-ring (bicyclic) bond motifs is 3. The second-order valence-electron chi connectivity index (χ2n) is 7.43. The summed E-state index contributed by atoms with van der Waals surface area (Å²) in [5.74, 6) is 0. The molecule has 142 valence electrons. The lowest BCUT2D eigenvalue weighted by Crippen LogP contribution is -2.09. The number of hydrogen-bond donors (Lipinski definition) is 0. The minimum Gasteiger partial charge on any atom is -0.345 e. The Bertz CT molecular complexity index is 1280. The van der Waals surface area contributed by atoms with Crippen LogP contribution in [0.15, 0.2) is 97.1 Å². The molecule has 4 aromatic carbocycles. The maximum atomic E-state index is 2.39. The van der Waals surface area contributed by atoms with Crippen molar-refractivity contribution in [3.8, 4) is 11.1 Å². The first-order valence-corrected chi connectivity index (χ1v) is 10.2. The molecule has 5 rings (SSSR count). The number of hydrogen-bond acceptors (Lipinski definition) is 1. The van der Waals surface area contributed by atoms with Gasteiger partial charge in [0.05, 0.1) is 0 Å². The first-order valence-electron chi connectivity index (χ1n) is 10.2. The molecule has 29 heavy (non-hydrogen) atoms. The lowest BCUT2D eigenvalue weighted by molar-refractivity contribution is 0.827. The van der Waals surface area contributed by atoms with Crippen LogP contribution < -0.4 is 4.90 Å². The lowest BCUT2D eigenvalue weighted by atomic mass is 10.1. The zero-order chi connectivity index (χ0) is 19.8. The molecule has 0 amide bonds. The van der Waals surface area contributed by atoms with Crippen LogP contribution in [0.1, 0.15) is 6.92 Å². The van der Waals surface area contributed by atoms with E-state index in [-0.39, 0.29) is 0 Å². The van der Waals surface area contributed by atoms with Crippen molar-refractivity contribution < 1.29 is 0 Å². The quantitative estimate of drug-likeness (QED) is 0.321. The van der Waals surface area contributed by atoms with Crippen molar-refractivity contribution in [2.45, 2.75) is 13.5 Å². The number of para-hydroxylation sites is 1. The van der Waals surface area contributed by atoms with Crippen LogP contribution in [0.5, 0.6) is 0 Å². The summed E-state index contributed by atoms with van der Waals surface area (Å²) in [6.45, 7) is 3.18. The van der Waals surface area contributed by atoms with E-state index in [9.17, 15) is 0 Å². The topological polar surface area (TPSA) is 8.17 Å². The molecular weight excluding hydrogens is 352 g/mol. The van der Waals surface area contributed by atoms with Crippen molar-refractivity contribution in [1.82, 2.24) is 4.57 Å². The van der Waals surface area contributed by atoms with Gasteiger partial charge < -0.3 is 9.47 Å². The third-order valence-corrected chi connectivity index (χ3v) is 5.82. The molecule has 0 aliphatic rings. The molecule has 0 unspecified atom stereocenters. The average Bonchev–Trinajstić information content (AvgIpc) is 3.12. The molecule has 2 heteroatoms. The Morgan fingerprint density at radius 3 is 2.00 bits per heavy atom. The number of benzene rings is 4. The van der Waals surface area contributed by atoms with Gasteiger partial charge in [-0.3, -0.25) is 0 Å². The summed E-state index contributed by atoms with van der Waals surface area (Å²) in [5.41, 5.74) is 7.47. The zero-order valence-electron chi connectivity index (χ0n) is 16.8. The van der Waals surface area contributed by atoms with Crippen LogP contribution in [-0.4, -0.2) is 11.6 Å². The maximum absolute atomic E-state index is 2.39. The van der Waals surface area contributed by atoms with Crippen molar-refractivity contribution in [2.75, 3.05) is 11.9 Å². The highest BCUT2D eigenvalue weighted by molar-refractivity contribution is 6.09. The number of nitrogens with zero attached hydrogens (tertiary/aromatic N) is 2. The lowest BCUT2D eigenvalue weighted by Gasteiger charge is -2.20. The van der Waals surface area contributed by atoms with E-state index in [1.54, 1.807) is 0 Å². The fourth-order valence-corrected chi connectivity index (χ4v) is 4.25. The van der Waals surface area contributed by atoms with Crippen LogP contribution in [0.4, 0.5) is 11.4 Å². The second kappa shape index (κ2) is 7.14. The summed E-state index contributed by atoms with van der Waals surface area (Å²) in [7, 11) is 2.14. The van der Waals surface area contributed by atoms with Crippen molar-refractivity contribution in [2.24, 2.45) is 0 Å². The Hall–Kier alpha value is -3.52. The average molecular weight is 377 g/mol. The minimum absolute atomic E-state index is 0.972. The zero-order valence-corrected chi connectivity index (χ0v) is 16.8. The normalized spacial score (nSPS) is 11.2. The van der Waals surface area contributed by atoms with E-state index >= 15 is 0 Å². The molecule has 5 aromatic rings. The Morgan fingerprint density at radius 2 is 1.24 bits per heavy atom. The molecule has 0 atom stereocenters. The standard InChI is InChI=1S/C27H24N2/c1-3-29-26-12-8-7-11-24(26)25-19-23(17-18-27(25)29)28(2)22-15-13-21(14-16-22)20-9-5-4-6-10-20/h4-19H,3H2,1-2H3. The summed E-state index contributed by atoms with van der Waals surface area (Å²) in [4.78, 5) is 2.26. The molecular formula is C27H24N2. The number of rotatable bonds is 4. The van der Waals surface area contributed by atoms with Crippen LogP contribution in [0.3, 0.4) is 0 Å². The molecule has 1 aromatic heterocycles. The van der Waals surface area contributed by atoms with Crippen LogP contribution >= 0.6 is 0 Å². The first-order chi connectivity index (χ1) is 14.3. The van der Waals surface area contributed by atoms with Gasteiger partial charge >= 0.3 is 0 Å². The van der Waals surface area contributed by atoms with Crippen LogP contribution in [0.25, 0.3) is 32.9 Å². The monoisotopic (exact) mass is 376 g/mol. The third kappa shape index (κ3) is 2.98. The van der Waals surface area contributed by atoms with Gasteiger partial charge in [-0.25, -0.2) is 0 Å². The molecule has 0 aliphatic heterocycles. The summed E-state index contributed by atoms with van der Waals surface area (Å²) in [5, 5.41) is 2.63. The van der Waals surface area contributed by atoms with Crippen molar-refractivity contribution in [1.29, 1.82) is 0 Å². The second-order valence-corrected chi connectivity index (χ2v) is 7.43. The van der Waals surface area contributed by atoms with E-state index in [2.05, 4.69) is 121 Å². The van der Waals surface area contributed by atoms with Crippen molar-refractivity contribution in [3.63, 3.8) is 0 Å². The van der Waals surface area contributed by atoms with Crippen molar-refractivity contribution >= 4 is 33.2 Å². The molecule has 0 fully saturated rings. The maximum Gasteiger partial charge on any atom is 0.0492 e. The predicted molar refractivity (Wildman–Crippen MR) is 125 cm³/mol. The van der Waals surface area contributed by atoms with E-state index in [1.807, 2.05) is 0 Å². The van der Waals surface area contributed by atoms with E-state index in [4.69, 9.17) is 0 Å². The van der Waals surface area contributed by atoms with Gasteiger partial charge in [0.2, 0.25) is 0 Å². The summed E-state index contributed by atoms with van der Waals surface area (Å²) >= 11 is 0. The molecule has 0 aliphatic carbocycles. The van der Waals surface area contributed by atoms with Gasteiger partial charge in [0.1, 0.15) is 0 Å². The highest BCUT2D eigenvalue weighted by Gasteiger charge is 2.12. The fourth-order valence-electron chi connectivity index (χ4n) is 4.25. The number of anilines is 2. The third-order valence-electron chi connectivity index (χ3n) is 5.82. The Labute approximate surface area is 171 Å². The smallest absolute Gasteiger partial charge is 0.0492 e. The number of aromatic nitrogens is 1. The minimum atomic E-state index is 0.972. The fraction of sp³-hybridized carbons (Fsp3) is 0.111. The van der Waals surface area contributed by atoms with E-state index in [0.29, 0.717) is 0 Å². The Balaban J connectivity index is 1.54. The molecule has 1 heterocycles. The molecule has 0 radical (unpaired) electrons. The van der Waals surface area contributed by atoms with Gasteiger partial charge in [-0.15, -0.1) is 0 Å². The predicted octanol–water partition coefficient (Wildman–Crippen LogP) is 7.25. The largest absolute Gasteiger partial charge is 0.345 e. The van der Waals surface area contributed by atoms with Gasteiger partial charge in [-0.1, -0.05) is 60.7 Å². The van der Waals surface area contributed by atoms with Gasteiger partial charge in [-0.2, -0.15) is 0 Å². The SMILES string of the molecule is CCn1c2ccccc2c2cc(N(C)c3ccc(-c4ccccc4)cc3)ccc21. The first kappa shape index (κ1) is 17.6. The van der Waals surface area contributed by atoms with E-state index in [1.165, 1.54) is 44.3 Å². The van der Waals surface area contributed by atoms with Crippen LogP contribution in [0, 0.1) is 0 Å². The van der Waals surface area contributed by atoms with Crippen LogP contribution in [-0.2, 0) is 6.54 Å². The highest BCUT2D eigenvalue weighted by Crippen LogP contribution is 2.34. The Morgan fingerprint density at radius 1 is 0.621 bits per heavy atom. The summed E-state index contributed by atoms with van der Waals surface area (Å²) in [6.07, 6.45) is 0. The van der Waals surface area contributed by atoms with Gasteiger partial charge in [0, 0.05) is 46.8 Å². The summed E-state index contributed by atoms with van der Waals surface area (Å²) in [6, 6.07) is 34.8.